The van der Waals surface area contributed by atoms with E-state index in [0.717, 1.165) is 10.9 Å². The minimum Gasteiger partial charge on any atom is -0.468 e. The Labute approximate surface area is 112 Å². The Morgan fingerprint density at radius 3 is 3.00 bits per heavy atom. The normalized spacial score (nSPS) is 12.6. The molecule has 0 aliphatic heterocycles. The van der Waals surface area contributed by atoms with Crippen LogP contribution in [-0.2, 0) is 16.1 Å². The van der Waals surface area contributed by atoms with Gasteiger partial charge in [-0.25, -0.2) is 0 Å². The van der Waals surface area contributed by atoms with Crippen molar-refractivity contribution in [1.29, 1.82) is 0 Å². The van der Waals surface area contributed by atoms with Crippen molar-refractivity contribution in [3.05, 3.63) is 35.5 Å². The highest BCUT2D eigenvalue weighted by molar-refractivity contribution is 9.10. The molecule has 0 amide bonds. The number of esters is 1. The van der Waals surface area contributed by atoms with E-state index >= 15 is 0 Å². The molecule has 0 radical (unpaired) electrons. The molecule has 90 valence electrons. The summed E-state index contributed by atoms with van der Waals surface area (Å²) in [5, 5.41) is 1.78. The van der Waals surface area contributed by atoms with Gasteiger partial charge in [-0.1, -0.05) is 33.6 Å². The number of alkyl halides is 1. The second-order valence-corrected chi connectivity index (χ2v) is 5.20. The Hall–Kier alpha value is -1.00. The van der Waals surface area contributed by atoms with Gasteiger partial charge in [-0.15, -0.1) is 0 Å². The van der Waals surface area contributed by atoms with Crippen LogP contribution in [0.3, 0.4) is 0 Å². The van der Waals surface area contributed by atoms with E-state index in [1.807, 2.05) is 35.0 Å². The quantitative estimate of drug-likeness (QED) is 0.643. The van der Waals surface area contributed by atoms with Gasteiger partial charge in [0.25, 0.3) is 0 Å². The fraction of sp³-hybridized carbons (Fsp3) is 0.250. The second kappa shape index (κ2) is 5.10. The summed E-state index contributed by atoms with van der Waals surface area (Å²) in [5.74, 6) is -0.283. The van der Waals surface area contributed by atoms with Gasteiger partial charge >= 0.3 is 5.97 Å². The van der Waals surface area contributed by atoms with Crippen LogP contribution in [0.5, 0.6) is 0 Å². The Balaban J connectivity index is 2.30. The Bertz CT molecular complexity index is 552. The lowest BCUT2D eigenvalue weighted by Gasteiger charge is -2.10. The number of carbonyl (C=O) groups is 1. The fourth-order valence-corrected chi connectivity index (χ4v) is 2.36. The monoisotopic (exact) mass is 315 g/mol. The maximum atomic E-state index is 11.3. The average molecular weight is 317 g/mol. The van der Waals surface area contributed by atoms with Gasteiger partial charge in [0.05, 0.1) is 7.11 Å². The molecule has 0 aliphatic carbocycles. The third-order valence-electron chi connectivity index (χ3n) is 2.55. The highest BCUT2D eigenvalue weighted by Gasteiger charge is 2.16. The molecule has 1 aromatic carbocycles. The van der Waals surface area contributed by atoms with Crippen molar-refractivity contribution < 1.29 is 9.53 Å². The summed E-state index contributed by atoms with van der Waals surface area (Å²) in [5.41, 5.74) is 1.01. The van der Waals surface area contributed by atoms with E-state index in [9.17, 15) is 4.79 Å². The summed E-state index contributed by atoms with van der Waals surface area (Å²) >= 11 is 9.26. The third kappa shape index (κ3) is 2.64. The van der Waals surface area contributed by atoms with E-state index in [1.165, 1.54) is 7.11 Å². The van der Waals surface area contributed by atoms with Gasteiger partial charge in [0.1, 0.15) is 4.83 Å². The Morgan fingerprint density at radius 1 is 1.53 bits per heavy atom. The lowest BCUT2D eigenvalue weighted by atomic mass is 10.2. The first kappa shape index (κ1) is 12.5. The molecule has 0 fully saturated rings. The number of nitrogens with zero attached hydrogens (tertiary/aromatic N) is 1. The summed E-state index contributed by atoms with van der Waals surface area (Å²) in [6.07, 6.45) is 1.93. The molecular weight excluding hydrogens is 305 g/mol. The van der Waals surface area contributed by atoms with E-state index in [0.29, 0.717) is 11.6 Å². The summed E-state index contributed by atoms with van der Waals surface area (Å²) in [6, 6.07) is 7.67. The molecule has 2 rings (SSSR count). The lowest BCUT2D eigenvalue weighted by Crippen LogP contribution is -2.21. The minimum atomic E-state index is -0.359. The zero-order valence-electron chi connectivity index (χ0n) is 9.19. The second-order valence-electron chi connectivity index (χ2n) is 3.66. The standard InChI is InChI=1S/C12H11BrClNO2/c1-17-12(16)10(13)7-15-5-4-8-2-3-9(14)6-11(8)15/h2-6,10H,7H2,1H3. The van der Waals surface area contributed by atoms with Crippen LogP contribution in [0.1, 0.15) is 0 Å². The van der Waals surface area contributed by atoms with Crippen LogP contribution in [0.15, 0.2) is 30.5 Å². The number of hydrogen-bond donors (Lipinski definition) is 0. The molecule has 0 aliphatic rings. The van der Waals surface area contributed by atoms with E-state index < -0.39 is 0 Å². The van der Waals surface area contributed by atoms with E-state index in [4.69, 9.17) is 11.6 Å². The van der Waals surface area contributed by atoms with Crippen molar-refractivity contribution in [1.82, 2.24) is 4.57 Å². The zero-order valence-corrected chi connectivity index (χ0v) is 11.5. The predicted molar refractivity (Wildman–Crippen MR) is 71.7 cm³/mol. The van der Waals surface area contributed by atoms with Crippen LogP contribution in [0, 0.1) is 0 Å². The van der Waals surface area contributed by atoms with Crippen LogP contribution >= 0.6 is 27.5 Å². The number of hydrogen-bond acceptors (Lipinski definition) is 2. The van der Waals surface area contributed by atoms with E-state index in [1.54, 1.807) is 0 Å². The maximum Gasteiger partial charge on any atom is 0.321 e. The third-order valence-corrected chi connectivity index (χ3v) is 3.45. The van der Waals surface area contributed by atoms with Crippen LogP contribution in [-0.4, -0.2) is 22.5 Å². The molecule has 17 heavy (non-hydrogen) atoms. The van der Waals surface area contributed by atoms with Crippen molar-refractivity contribution in [3.63, 3.8) is 0 Å². The average Bonchev–Trinajstić information content (AvgIpc) is 2.71. The van der Waals surface area contributed by atoms with Crippen LogP contribution < -0.4 is 0 Å². The van der Waals surface area contributed by atoms with Gasteiger partial charge in [0.15, 0.2) is 0 Å². The molecule has 1 aromatic heterocycles. The number of fused-ring (bicyclic) bond motifs is 1. The first-order valence-corrected chi connectivity index (χ1v) is 6.37. The van der Waals surface area contributed by atoms with E-state index in [-0.39, 0.29) is 10.8 Å². The van der Waals surface area contributed by atoms with Crippen LogP contribution in [0.4, 0.5) is 0 Å². The van der Waals surface area contributed by atoms with Crippen molar-refractivity contribution in [3.8, 4) is 0 Å². The molecule has 5 heteroatoms. The zero-order chi connectivity index (χ0) is 12.4. The number of aromatic nitrogens is 1. The molecule has 0 saturated heterocycles. The minimum absolute atomic E-state index is 0.283. The van der Waals surface area contributed by atoms with Crippen molar-refractivity contribution in [2.24, 2.45) is 0 Å². The van der Waals surface area contributed by atoms with Crippen molar-refractivity contribution in [2.45, 2.75) is 11.4 Å². The van der Waals surface area contributed by atoms with Crippen LogP contribution in [0.2, 0.25) is 5.02 Å². The maximum absolute atomic E-state index is 11.3. The van der Waals surface area contributed by atoms with Crippen molar-refractivity contribution >= 4 is 44.4 Å². The predicted octanol–water partition coefficient (Wildman–Crippen LogP) is 3.23. The SMILES string of the molecule is COC(=O)C(Br)Cn1ccc2ccc(Cl)cc21. The molecule has 2 aromatic rings. The summed E-state index contributed by atoms with van der Waals surface area (Å²) in [7, 11) is 1.38. The topological polar surface area (TPSA) is 31.2 Å². The molecule has 1 heterocycles. The van der Waals surface area contributed by atoms with E-state index in [2.05, 4.69) is 20.7 Å². The van der Waals surface area contributed by atoms with Gasteiger partial charge in [-0.05, 0) is 23.6 Å². The van der Waals surface area contributed by atoms with Gasteiger partial charge in [-0.2, -0.15) is 0 Å². The van der Waals surface area contributed by atoms with Gasteiger partial charge in [0, 0.05) is 23.3 Å². The number of rotatable bonds is 3. The first-order valence-electron chi connectivity index (χ1n) is 5.08. The smallest absolute Gasteiger partial charge is 0.321 e. The molecule has 3 nitrogen and oxygen atoms in total. The van der Waals surface area contributed by atoms with Crippen LogP contribution in [0.25, 0.3) is 10.9 Å². The summed E-state index contributed by atoms with van der Waals surface area (Å²) < 4.78 is 6.64. The summed E-state index contributed by atoms with van der Waals surface area (Å²) in [4.78, 5) is 11.0. The lowest BCUT2D eigenvalue weighted by molar-refractivity contribution is -0.140. The molecule has 1 unspecified atom stereocenters. The van der Waals surface area contributed by atoms with Gasteiger partial charge in [0.2, 0.25) is 0 Å². The highest BCUT2D eigenvalue weighted by atomic mass is 79.9. The fourth-order valence-electron chi connectivity index (χ4n) is 1.69. The summed E-state index contributed by atoms with van der Waals surface area (Å²) in [6.45, 7) is 0.510. The first-order chi connectivity index (χ1) is 8.11. The number of methoxy groups -OCH3 is 1. The largest absolute Gasteiger partial charge is 0.468 e. The van der Waals surface area contributed by atoms with Gasteiger partial charge < -0.3 is 9.30 Å². The number of carbonyl (C=O) groups excluding carboxylic acids is 1. The number of ether oxygens (including phenoxy) is 1. The number of halogens is 2. The van der Waals surface area contributed by atoms with Crippen molar-refractivity contribution in [2.75, 3.05) is 7.11 Å². The molecule has 0 N–H and O–H groups in total. The molecule has 0 spiro atoms. The molecule has 0 bridgehead atoms. The number of benzene rings is 1. The van der Waals surface area contributed by atoms with Gasteiger partial charge in [-0.3, -0.25) is 4.79 Å². The highest BCUT2D eigenvalue weighted by Crippen LogP contribution is 2.21. The Morgan fingerprint density at radius 2 is 2.29 bits per heavy atom. The molecule has 0 saturated carbocycles. The molecule has 1 atom stereocenters. The Kier molecular flexibility index (Phi) is 3.74. The molecular formula is C12H11BrClNO2.